The first-order chi connectivity index (χ1) is 7.40. The zero-order valence-corrected chi connectivity index (χ0v) is 9.64. The Morgan fingerprint density at radius 3 is 3.00 bits per heavy atom. The van der Waals surface area contributed by atoms with Gasteiger partial charge in [0.05, 0.1) is 11.4 Å². The summed E-state index contributed by atoms with van der Waals surface area (Å²) in [6.45, 7) is 4.01. The minimum atomic E-state index is 0.819. The standard InChI is InChI=1S/C12H15NOS/c1-2-7-13-9-10-5-6-11(14-10)12-4-3-8-15-12/h3-6,8,13H,2,7,9H2,1H3. The van der Waals surface area contributed by atoms with Crippen LogP contribution in [0.4, 0.5) is 0 Å². The third-order valence-corrected chi connectivity index (χ3v) is 3.04. The molecule has 2 aromatic rings. The summed E-state index contributed by atoms with van der Waals surface area (Å²) in [5.41, 5.74) is 0. The molecule has 1 N–H and O–H groups in total. The van der Waals surface area contributed by atoms with Crippen molar-refractivity contribution in [1.29, 1.82) is 0 Å². The molecule has 0 aliphatic carbocycles. The molecule has 80 valence electrons. The van der Waals surface area contributed by atoms with Gasteiger partial charge in [-0.2, -0.15) is 0 Å². The minimum Gasteiger partial charge on any atom is -0.459 e. The molecular weight excluding hydrogens is 206 g/mol. The number of rotatable bonds is 5. The first kappa shape index (κ1) is 10.5. The van der Waals surface area contributed by atoms with Crippen LogP contribution in [0.15, 0.2) is 34.1 Å². The van der Waals surface area contributed by atoms with Crippen molar-refractivity contribution in [3.63, 3.8) is 0 Å². The predicted molar refractivity (Wildman–Crippen MR) is 64.0 cm³/mol. The molecule has 0 radical (unpaired) electrons. The second kappa shape index (κ2) is 5.14. The maximum absolute atomic E-state index is 5.72. The van der Waals surface area contributed by atoms with Crippen molar-refractivity contribution in [3.05, 3.63) is 35.4 Å². The Morgan fingerprint density at radius 1 is 1.33 bits per heavy atom. The fourth-order valence-corrected chi connectivity index (χ4v) is 2.10. The molecule has 15 heavy (non-hydrogen) atoms. The molecule has 2 aromatic heterocycles. The zero-order valence-electron chi connectivity index (χ0n) is 8.82. The average Bonchev–Trinajstić information content (AvgIpc) is 2.87. The summed E-state index contributed by atoms with van der Waals surface area (Å²) in [5, 5.41) is 5.38. The third-order valence-electron chi connectivity index (χ3n) is 2.15. The Bertz CT molecular complexity index is 391. The molecule has 0 bridgehead atoms. The maximum atomic E-state index is 5.72. The largest absolute Gasteiger partial charge is 0.459 e. The molecule has 0 saturated carbocycles. The van der Waals surface area contributed by atoms with Crippen LogP contribution in [0.25, 0.3) is 10.6 Å². The molecule has 2 rings (SSSR count). The highest BCUT2D eigenvalue weighted by molar-refractivity contribution is 7.13. The summed E-state index contributed by atoms with van der Waals surface area (Å²) in [6, 6.07) is 8.19. The van der Waals surface area contributed by atoms with E-state index in [9.17, 15) is 0 Å². The van der Waals surface area contributed by atoms with E-state index in [0.29, 0.717) is 0 Å². The van der Waals surface area contributed by atoms with Crippen molar-refractivity contribution in [1.82, 2.24) is 5.32 Å². The molecule has 0 unspecified atom stereocenters. The number of hydrogen-bond acceptors (Lipinski definition) is 3. The summed E-state index contributed by atoms with van der Waals surface area (Å²) in [6.07, 6.45) is 1.15. The van der Waals surface area contributed by atoms with Crippen LogP contribution in [0.5, 0.6) is 0 Å². The number of furan rings is 1. The predicted octanol–water partition coefficient (Wildman–Crippen LogP) is 3.51. The van der Waals surface area contributed by atoms with Crippen LogP contribution < -0.4 is 5.32 Å². The van der Waals surface area contributed by atoms with Crippen LogP contribution in [0.2, 0.25) is 0 Å². The average molecular weight is 221 g/mol. The maximum Gasteiger partial charge on any atom is 0.144 e. The van der Waals surface area contributed by atoms with Crippen LogP contribution in [0.1, 0.15) is 19.1 Å². The number of thiophene rings is 1. The summed E-state index contributed by atoms with van der Waals surface area (Å²) < 4.78 is 5.72. The van der Waals surface area contributed by atoms with E-state index in [4.69, 9.17) is 4.42 Å². The van der Waals surface area contributed by atoms with E-state index >= 15 is 0 Å². The highest BCUT2D eigenvalue weighted by Gasteiger charge is 2.04. The highest BCUT2D eigenvalue weighted by Crippen LogP contribution is 2.26. The summed E-state index contributed by atoms with van der Waals surface area (Å²) >= 11 is 1.70. The highest BCUT2D eigenvalue weighted by atomic mass is 32.1. The molecule has 3 heteroatoms. The fraction of sp³-hybridized carbons (Fsp3) is 0.333. The van der Waals surface area contributed by atoms with Gasteiger partial charge in [-0.1, -0.05) is 13.0 Å². The molecular formula is C12H15NOS. The Morgan fingerprint density at radius 2 is 2.27 bits per heavy atom. The molecule has 0 aliphatic rings. The Balaban J connectivity index is 1.98. The minimum absolute atomic E-state index is 0.819. The van der Waals surface area contributed by atoms with Crippen molar-refractivity contribution in [2.45, 2.75) is 19.9 Å². The van der Waals surface area contributed by atoms with Gasteiger partial charge in [-0.25, -0.2) is 0 Å². The van der Waals surface area contributed by atoms with Crippen molar-refractivity contribution in [3.8, 4) is 10.6 Å². The van der Waals surface area contributed by atoms with Crippen LogP contribution in [-0.2, 0) is 6.54 Å². The Kier molecular flexibility index (Phi) is 3.59. The molecule has 2 nitrogen and oxygen atoms in total. The lowest BCUT2D eigenvalue weighted by Gasteiger charge is -1.98. The quantitative estimate of drug-likeness (QED) is 0.782. The summed E-state index contributed by atoms with van der Waals surface area (Å²) in [4.78, 5) is 1.19. The first-order valence-corrected chi connectivity index (χ1v) is 6.11. The van der Waals surface area contributed by atoms with Gasteiger partial charge in [0.1, 0.15) is 11.5 Å². The summed E-state index contributed by atoms with van der Waals surface area (Å²) in [5.74, 6) is 1.98. The van der Waals surface area contributed by atoms with E-state index in [0.717, 1.165) is 31.0 Å². The normalized spacial score (nSPS) is 10.7. The van der Waals surface area contributed by atoms with Crippen molar-refractivity contribution in [2.75, 3.05) is 6.54 Å². The van der Waals surface area contributed by atoms with Crippen molar-refractivity contribution >= 4 is 11.3 Å². The van der Waals surface area contributed by atoms with Gasteiger partial charge in [-0.3, -0.25) is 0 Å². The monoisotopic (exact) mass is 221 g/mol. The van der Waals surface area contributed by atoms with Gasteiger partial charge < -0.3 is 9.73 Å². The molecule has 0 atom stereocenters. The second-order valence-electron chi connectivity index (χ2n) is 3.42. The van der Waals surface area contributed by atoms with Crippen LogP contribution >= 0.6 is 11.3 Å². The van der Waals surface area contributed by atoms with Gasteiger partial charge in [0.25, 0.3) is 0 Å². The Hall–Kier alpha value is -1.06. The van der Waals surface area contributed by atoms with E-state index in [1.807, 2.05) is 18.2 Å². The van der Waals surface area contributed by atoms with Gasteiger partial charge in [-0.05, 0) is 36.5 Å². The lowest BCUT2D eigenvalue weighted by molar-refractivity contribution is 0.494. The van der Waals surface area contributed by atoms with Gasteiger partial charge in [0, 0.05) is 0 Å². The second-order valence-corrected chi connectivity index (χ2v) is 4.37. The molecule has 0 aromatic carbocycles. The van der Waals surface area contributed by atoms with Gasteiger partial charge in [-0.15, -0.1) is 11.3 Å². The number of nitrogens with one attached hydrogen (secondary N) is 1. The van der Waals surface area contributed by atoms with E-state index in [2.05, 4.69) is 23.7 Å². The lowest BCUT2D eigenvalue weighted by atomic mass is 10.3. The Labute approximate surface area is 93.9 Å². The first-order valence-electron chi connectivity index (χ1n) is 5.23. The van der Waals surface area contributed by atoms with Gasteiger partial charge >= 0.3 is 0 Å². The fourth-order valence-electron chi connectivity index (χ4n) is 1.41. The van der Waals surface area contributed by atoms with E-state index < -0.39 is 0 Å². The summed E-state index contributed by atoms with van der Waals surface area (Å²) in [7, 11) is 0. The zero-order chi connectivity index (χ0) is 10.5. The van der Waals surface area contributed by atoms with Crippen LogP contribution in [0.3, 0.4) is 0 Å². The molecule has 0 spiro atoms. The van der Waals surface area contributed by atoms with E-state index in [1.165, 1.54) is 4.88 Å². The van der Waals surface area contributed by atoms with Crippen molar-refractivity contribution < 1.29 is 4.42 Å². The molecule has 0 fully saturated rings. The van der Waals surface area contributed by atoms with Gasteiger partial charge in [0.2, 0.25) is 0 Å². The molecule has 0 aliphatic heterocycles. The van der Waals surface area contributed by atoms with Gasteiger partial charge in [0.15, 0.2) is 0 Å². The number of hydrogen-bond donors (Lipinski definition) is 1. The van der Waals surface area contributed by atoms with Crippen LogP contribution in [-0.4, -0.2) is 6.54 Å². The van der Waals surface area contributed by atoms with Crippen molar-refractivity contribution in [2.24, 2.45) is 0 Å². The van der Waals surface area contributed by atoms with E-state index in [1.54, 1.807) is 11.3 Å². The van der Waals surface area contributed by atoms with Crippen LogP contribution in [0, 0.1) is 0 Å². The molecule has 0 amide bonds. The third kappa shape index (κ3) is 2.70. The molecule has 2 heterocycles. The smallest absolute Gasteiger partial charge is 0.144 e. The SMILES string of the molecule is CCCNCc1ccc(-c2cccs2)o1. The van der Waals surface area contributed by atoms with E-state index in [-0.39, 0.29) is 0 Å². The molecule has 0 saturated heterocycles. The lowest BCUT2D eigenvalue weighted by Crippen LogP contribution is -2.12. The topological polar surface area (TPSA) is 25.2 Å².